The monoisotopic (exact) mass is 431 g/mol. The summed E-state index contributed by atoms with van der Waals surface area (Å²) in [6.45, 7) is 4.85. The van der Waals surface area contributed by atoms with E-state index in [0.717, 1.165) is 34.8 Å². The summed E-state index contributed by atoms with van der Waals surface area (Å²) < 4.78 is 7.28. The first-order valence-electron chi connectivity index (χ1n) is 10.2. The normalized spacial score (nSPS) is 10.9. The van der Waals surface area contributed by atoms with Crippen molar-refractivity contribution in [2.24, 2.45) is 0 Å². The molecule has 0 bridgehead atoms. The fourth-order valence-corrected chi connectivity index (χ4v) is 4.25. The Morgan fingerprint density at radius 3 is 2.32 bits per heavy atom. The van der Waals surface area contributed by atoms with Crippen molar-refractivity contribution in [1.29, 1.82) is 0 Å². The van der Waals surface area contributed by atoms with Crippen LogP contribution in [-0.2, 0) is 11.2 Å². The smallest absolute Gasteiger partial charge is 0.257 e. The molecule has 4 aromatic rings. The third kappa shape index (κ3) is 4.76. The van der Waals surface area contributed by atoms with Crippen LogP contribution in [0, 0.1) is 13.8 Å². The Morgan fingerprint density at radius 1 is 1.00 bits per heavy atom. The van der Waals surface area contributed by atoms with Crippen LogP contribution >= 0.6 is 11.3 Å². The minimum Gasteiger partial charge on any atom is -0.384 e. The van der Waals surface area contributed by atoms with E-state index in [1.807, 2.05) is 29.6 Å². The minimum absolute atomic E-state index is 0.164. The van der Waals surface area contributed by atoms with Crippen LogP contribution in [0.3, 0.4) is 0 Å². The van der Waals surface area contributed by atoms with Gasteiger partial charge in [0.25, 0.3) is 5.91 Å². The van der Waals surface area contributed by atoms with Gasteiger partial charge < -0.3 is 9.30 Å². The molecular weight excluding hydrogens is 406 g/mol. The number of aromatic nitrogens is 2. The van der Waals surface area contributed by atoms with Crippen molar-refractivity contribution in [3.63, 3.8) is 0 Å². The number of methoxy groups -OCH3 is 1. The second kappa shape index (κ2) is 9.29. The Balaban J connectivity index is 1.43. The molecule has 1 N–H and O–H groups in total. The molecule has 0 saturated carbocycles. The Labute approximate surface area is 186 Å². The third-order valence-corrected chi connectivity index (χ3v) is 5.99. The number of ether oxygens (including phenoxy) is 1. The van der Waals surface area contributed by atoms with Gasteiger partial charge in [0.15, 0.2) is 5.13 Å². The molecule has 2 heterocycles. The van der Waals surface area contributed by atoms with Crippen LogP contribution in [0.5, 0.6) is 0 Å². The molecule has 6 heteroatoms. The fourth-order valence-electron chi connectivity index (χ4n) is 3.53. The minimum atomic E-state index is -0.164. The lowest BCUT2D eigenvalue weighted by Crippen LogP contribution is -2.11. The van der Waals surface area contributed by atoms with Crippen molar-refractivity contribution in [2.45, 2.75) is 20.3 Å². The zero-order chi connectivity index (χ0) is 21.8. The molecule has 0 aliphatic carbocycles. The van der Waals surface area contributed by atoms with Crippen molar-refractivity contribution in [3.8, 4) is 16.9 Å². The molecular formula is C25H25N3O2S. The van der Waals surface area contributed by atoms with Gasteiger partial charge in [-0.1, -0.05) is 24.3 Å². The molecule has 5 nitrogen and oxygen atoms in total. The number of nitrogens with one attached hydrogen (secondary N) is 1. The number of rotatable bonds is 7. The van der Waals surface area contributed by atoms with Gasteiger partial charge in [0.1, 0.15) is 0 Å². The molecule has 1 amide bonds. The highest BCUT2D eigenvalue weighted by Gasteiger charge is 2.11. The van der Waals surface area contributed by atoms with E-state index >= 15 is 0 Å². The van der Waals surface area contributed by atoms with Crippen molar-refractivity contribution in [1.82, 2.24) is 9.55 Å². The first-order valence-corrected chi connectivity index (χ1v) is 11.0. The molecule has 0 aliphatic rings. The topological polar surface area (TPSA) is 56.1 Å². The average molecular weight is 432 g/mol. The quantitative estimate of drug-likeness (QED) is 0.411. The number of anilines is 1. The summed E-state index contributed by atoms with van der Waals surface area (Å²) in [5.41, 5.74) is 7.08. The van der Waals surface area contributed by atoms with E-state index < -0.39 is 0 Å². The van der Waals surface area contributed by atoms with E-state index in [4.69, 9.17) is 4.74 Å². The highest BCUT2D eigenvalue weighted by atomic mass is 32.1. The molecule has 31 heavy (non-hydrogen) atoms. The number of amides is 1. The number of benzene rings is 2. The second-order valence-corrected chi connectivity index (χ2v) is 8.29. The maximum atomic E-state index is 12.7. The molecule has 0 unspecified atom stereocenters. The number of thiazole rings is 1. The molecule has 0 saturated heterocycles. The second-order valence-electron chi connectivity index (χ2n) is 7.43. The van der Waals surface area contributed by atoms with Gasteiger partial charge in [-0.3, -0.25) is 10.1 Å². The van der Waals surface area contributed by atoms with E-state index in [2.05, 4.69) is 65.1 Å². The number of hydrogen-bond donors (Lipinski definition) is 1. The fraction of sp³-hybridized carbons (Fsp3) is 0.200. The first kappa shape index (κ1) is 21.0. The zero-order valence-electron chi connectivity index (χ0n) is 17.9. The summed E-state index contributed by atoms with van der Waals surface area (Å²) in [6, 6.07) is 20.1. The lowest BCUT2D eigenvalue weighted by molar-refractivity contribution is 0.102. The Bertz CT molecular complexity index is 1150. The molecule has 158 valence electrons. The number of hydrogen-bond acceptors (Lipinski definition) is 4. The van der Waals surface area contributed by atoms with Gasteiger partial charge in [0.2, 0.25) is 0 Å². The predicted octanol–water partition coefficient (Wildman–Crippen LogP) is 5.66. The van der Waals surface area contributed by atoms with Crippen LogP contribution in [0.4, 0.5) is 5.13 Å². The highest BCUT2D eigenvalue weighted by molar-refractivity contribution is 7.14. The Hall–Kier alpha value is -3.22. The molecule has 0 spiro atoms. The van der Waals surface area contributed by atoms with E-state index in [-0.39, 0.29) is 5.91 Å². The van der Waals surface area contributed by atoms with Crippen molar-refractivity contribution >= 4 is 22.4 Å². The largest absolute Gasteiger partial charge is 0.384 e. The van der Waals surface area contributed by atoms with Crippen LogP contribution in [-0.4, -0.2) is 29.2 Å². The van der Waals surface area contributed by atoms with Crippen LogP contribution in [0.15, 0.2) is 66.0 Å². The number of carbonyl (C=O) groups excluding carboxylic acids is 1. The van der Waals surface area contributed by atoms with Gasteiger partial charge >= 0.3 is 0 Å². The standard InChI is InChI=1S/C25H25N3O2S/c1-17-4-5-18(2)28(17)22-12-10-21(11-13-22)24(29)27-25-26-23(16-31-25)20-8-6-19(7-9-20)14-15-30-3/h4-13,16H,14-15H2,1-3H3,(H,26,27,29). The van der Waals surface area contributed by atoms with Crippen LogP contribution in [0.2, 0.25) is 0 Å². The average Bonchev–Trinajstić information content (AvgIpc) is 3.39. The molecule has 2 aromatic heterocycles. The number of nitrogens with zero attached hydrogens (tertiary/aromatic N) is 2. The van der Waals surface area contributed by atoms with Crippen LogP contribution in [0.25, 0.3) is 16.9 Å². The van der Waals surface area contributed by atoms with E-state index in [0.29, 0.717) is 17.3 Å². The summed E-state index contributed by atoms with van der Waals surface area (Å²) in [7, 11) is 1.71. The summed E-state index contributed by atoms with van der Waals surface area (Å²) >= 11 is 1.42. The zero-order valence-corrected chi connectivity index (χ0v) is 18.7. The Kier molecular flexibility index (Phi) is 6.30. The lowest BCUT2D eigenvalue weighted by atomic mass is 10.1. The van der Waals surface area contributed by atoms with Crippen molar-refractivity contribution in [3.05, 3.63) is 88.6 Å². The summed E-state index contributed by atoms with van der Waals surface area (Å²) in [5, 5.41) is 5.46. The maximum absolute atomic E-state index is 12.7. The van der Waals surface area contributed by atoms with E-state index in [1.165, 1.54) is 16.9 Å². The summed E-state index contributed by atoms with van der Waals surface area (Å²) in [5.74, 6) is -0.164. The molecule has 0 radical (unpaired) electrons. The van der Waals surface area contributed by atoms with Gasteiger partial charge in [-0.05, 0) is 62.2 Å². The molecule has 0 fully saturated rings. The van der Waals surface area contributed by atoms with Crippen molar-refractivity contribution < 1.29 is 9.53 Å². The van der Waals surface area contributed by atoms with Gasteiger partial charge in [0.05, 0.1) is 12.3 Å². The van der Waals surface area contributed by atoms with Crippen LogP contribution in [0.1, 0.15) is 27.3 Å². The number of aryl methyl sites for hydroxylation is 2. The number of carbonyl (C=O) groups is 1. The molecule has 2 aromatic carbocycles. The van der Waals surface area contributed by atoms with Gasteiger partial charge in [-0.25, -0.2) is 4.98 Å². The lowest BCUT2D eigenvalue weighted by Gasteiger charge is -2.10. The Morgan fingerprint density at radius 2 is 1.68 bits per heavy atom. The van der Waals surface area contributed by atoms with Gasteiger partial charge in [-0.15, -0.1) is 11.3 Å². The molecule has 0 aliphatic heterocycles. The summed E-state index contributed by atoms with van der Waals surface area (Å²) in [6.07, 6.45) is 0.886. The van der Waals surface area contributed by atoms with Crippen LogP contribution < -0.4 is 5.32 Å². The third-order valence-electron chi connectivity index (χ3n) is 5.23. The molecule has 0 atom stereocenters. The predicted molar refractivity (Wildman–Crippen MR) is 126 cm³/mol. The summed E-state index contributed by atoms with van der Waals surface area (Å²) in [4.78, 5) is 17.3. The first-order chi connectivity index (χ1) is 15.0. The van der Waals surface area contributed by atoms with E-state index in [9.17, 15) is 4.79 Å². The maximum Gasteiger partial charge on any atom is 0.257 e. The van der Waals surface area contributed by atoms with Gasteiger partial charge in [-0.2, -0.15) is 0 Å². The SMILES string of the molecule is COCCc1ccc(-c2csc(NC(=O)c3ccc(-n4c(C)ccc4C)cc3)n2)cc1. The molecule has 4 rings (SSSR count). The van der Waals surface area contributed by atoms with E-state index in [1.54, 1.807) is 7.11 Å². The van der Waals surface area contributed by atoms with Gasteiger partial charge in [0, 0.05) is 40.7 Å². The van der Waals surface area contributed by atoms with Crippen molar-refractivity contribution in [2.75, 3.05) is 19.0 Å². The highest BCUT2D eigenvalue weighted by Crippen LogP contribution is 2.26.